The second-order valence-corrected chi connectivity index (χ2v) is 6.01. The molecule has 0 spiro atoms. The van der Waals surface area contributed by atoms with Gasteiger partial charge in [0.25, 0.3) is 5.91 Å². The molecular weight excluding hydrogens is 380 g/mol. The monoisotopic (exact) mass is 392 g/mol. The molecule has 0 atom stereocenters. The number of carboxylic acids is 1. The Morgan fingerprint density at radius 3 is 2.43 bits per heavy atom. The van der Waals surface area contributed by atoms with Crippen LogP contribution in [0.25, 0.3) is 0 Å². The average Bonchev–Trinajstić information content (AvgIpc) is 2.48. The summed E-state index contributed by atoms with van der Waals surface area (Å²) >= 11 is 8.40. The number of halogens is 1. The van der Waals surface area contributed by atoms with Crippen molar-refractivity contribution in [3.63, 3.8) is 0 Å². The first-order valence-electron chi connectivity index (χ1n) is 6.62. The average molecular weight is 393 g/mol. The Kier molecular flexibility index (Phi) is 5.84. The van der Waals surface area contributed by atoms with Gasteiger partial charge in [-0.15, -0.1) is 0 Å². The van der Waals surface area contributed by atoms with Crippen molar-refractivity contribution < 1.29 is 14.7 Å². The standard InChI is InChI=1S/C16H13BrN2O3S/c17-12-3-1-2-11(9-12)15(22)19-16(23)18-13-6-4-10(5-7-13)8-14(20)21/h1-7,9H,8H2,(H,20,21)(H2,18,19,22,23). The molecule has 2 aromatic carbocycles. The zero-order valence-corrected chi connectivity index (χ0v) is 14.3. The summed E-state index contributed by atoms with van der Waals surface area (Å²) in [5, 5.41) is 14.4. The van der Waals surface area contributed by atoms with E-state index in [9.17, 15) is 9.59 Å². The van der Waals surface area contributed by atoms with E-state index in [2.05, 4.69) is 26.6 Å². The SMILES string of the molecule is O=C(O)Cc1ccc(NC(=S)NC(=O)c2cccc(Br)c2)cc1. The summed E-state index contributed by atoms with van der Waals surface area (Å²) in [7, 11) is 0. The number of carboxylic acid groups (broad SMARTS) is 1. The van der Waals surface area contributed by atoms with Gasteiger partial charge in [0.1, 0.15) is 0 Å². The van der Waals surface area contributed by atoms with Crippen LogP contribution in [-0.4, -0.2) is 22.1 Å². The summed E-state index contributed by atoms with van der Waals surface area (Å²) in [5.74, 6) is -1.20. The number of hydrogen-bond donors (Lipinski definition) is 3. The molecule has 7 heteroatoms. The number of carbonyl (C=O) groups excluding carboxylic acids is 1. The van der Waals surface area contributed by atoms with Crippen LogP contribution in [0.5, 0.6) is 0 Å². The van der Waals surface area contributed by atoms with Gasteiger partial charge in [0.2, 0.25) is 0 Å². The fourth-order valence-electron chi connectivity index (χ4n) is 1.85. The fraction of sp³-hybridized carbons (Fsp3) is 0.0625. The first kappa shape index (κ1) is 17.1. The number of rotatable bonds is 4. The van der Waals surface area contributed by atoms with Gasteiger partial charge in [-0.3, -0.25) is 14.9 Å². The molecule has 118 valence electrons. The molecule has 23 heavy (non-hydrogen) atoms. The van der Waals surface area contributed by atoms with Crippen molar-refractivity contribution >= 4 is 50.8 Å². The Balaban J connectivity index is 1.94. The maximum atomic E-state index is 12.0. The lowest BCUT2D eigenvalue weighted by Crippen LogP contribution is -2.34. The highest BCUT2D eigenvalue weighted by atomic mass is 79.9. The van der Waals surface area contributed by atoms with E-state index in [-0.39, 0.29) is 17.4 Å². The van der Waals surface area contributed by atoms with Crippen LogP contribution < -0.4 is 10.6 Å². The summed E-state index contributed by atoms with van der Waals surface area (Å²) in [5.41, 5.74) is 1.84. The first-order valence-corrected chi connectivity index (χ1v) is 7.83. The van der Waals surface area contributed by atoms with Gasteiger partial charge in [0, 0.05) is 15.7 Å². The highest BCUT2D eigenvalue weighted by Gasteiger charge is 2.08. The van der Waals surface area contributed by atoms with E-state index < -0.39 is 5.97 Å². The normalized spacial score (nSPS) is 9.96. The van der Waals surface area contributed by atoms with Crippen LogP contribution in [0.1, 0.15) is 15.9 Å². The number of aliphatic carboxylic acids is 1. The van der Waals surface area contributed by atoms with Crippen molar-refractivity contribution in [2.45, 2.75) is 6.42 Å². The topological polar surface area (TPSA) is 78.4 Å². The Morgan fingerprint density at radius 1 is 1.13 bits per heavy atom. The number of nitrogens with one attached hydrogen (secondary N) is 2. The minimum atomic E-state index is -0.887. The summed E-state index contributed by atoms with van der Waals surface area (Å²) in [6.07, 6.45) is -0.0374. The maximum Gasteiger partial charge on any atom is 0.307 e. The molecular formula is C16H13BrN2O3S. The number of anilines is 1. The number of amides is 1. The number of carbonyl (C=O) groups is 2. The third-order valence-electron chi connectivity index (χ3n) is 2.88. The predicted octanol–water partition coefficient (Wildman–Crippen LogP) is 3.20. The Labute approximate surface area is 146 Å². The summed E-state index contributed by atoms with van der Waals surface area (Å²) in [6.45, 7) is 0. The van der Waals surface area contributed by atoms with Gasteiger partial charge < -0.3 is 10.4 Å². The fourth-order valence-corrected chi connectivity index (χ4v) is 2.46. The van der Waals surface area contributed by atoms with Gasteiger partial charge in [0.05, 0.1) is 6.42 Å². The van der Waals surface area contributed by atoms with Crippen LogP contribution in [0.2, 0.25) is 0 Å². The Morgan fingerprint density at radius 2 is 1.83 bits per heavy atom. The quantitative estimate of drug-likeness (QED) is 0.696. The van der Waals surface area contributed by atoms with Crippen molar-refractivity contribution in [1.29, 1.82) is 0 Å². The van der Waals surface area contributed by atoms with Gasteiger partial charge in [0.15, 0.2) is 5.11 Å². The molecule has 5 nitrogen and oxygen atoms in total. The lowest BCUT2D eigenvalue weighted by atomic mass is 10.1. The van der Waals surface area contributed by atoms with Crippen LogP contribution in [0.15, 0.2) is 53.0 Å². The molecule has 0 unspecified atom stereocenters. The lowest BCUT2D eigenvalue weighted by molar-refractivity contribution is -0.136. The minimum Gasteiger partial charge on any atom is -0.481 e. The predicted molar refractivity (Wildman–Crippen MR) is 95.6 cm³/mol. The first-order chi connectivity index (χ1) is 10.9. The van der Waals surface area contributed by atoms with Gasteiger partial charge >= 0.3 is 5.97 Å². The number of thiocarbonyl (C=S) groups is 1. The van der Waals surface area contributed by atoms with Gasteiger partial charge in [-0.25, -0.2) is 0 Å². The molecule has 2 aromatic rings. The molecule has 0 heterocycles. The molecule has 0 aromatic heterocycles. The third-order valence-corrected chi connectivity index (χ3v) is 3.58. The summed E-state index contributed by atoms with van der Waals surface area (Å²) < 4.78 is 0.804. The van der Waals surface area contributed by atoms with Crippen molar-refractivity contribution in [1.82, 2.24) is 5.32 Å². The largest absolute Gasteiger partial charge is 0.481 e. The zero-order chi connectivity index (χ0) is 16.8. The highest BCUT2D eigenvalue weighted by molar-refractivity contribution is 9.10. The molecule has 0 aliphatic carbocycles. The van der Waals surface area contributed by atoms with E-state index >= 15 is 0 Å². The summed E-state index contributed by atoms with van der Waals surface area (Å²) in [4.78, 5) is 22.7. The van der Waals surface area contributed by atoms with E-state index in [1.807, 2.05) is 6.07 Å². The van der Waals surface area contributed by atoms with Gasteiger partial charge in [-0.05, 0) is 48.1 Å². The van der Waals surface area contributed by atoms with Crippen molar-refractivity contribution in [2.75, 3.05) is 5.32 Å². The molecule has 0 fully saturated rings. The molecule has 1 amide bonds. The number of hydrogen-bond acceptors (Lipinski definition) is 3. The van der Waals surface area contributed by atoms with E-state index in [1.54, 1.807) is 42.5 Å². The third kappa shape index (κ3) is 5.46. The smallest absolute Gasteiger partial charge is 0.307 e. The molecule has 0 aliphatic rings. The molecule has 3 N–H and O–H groups in total. The summed E-state index contributed by atoms with van der Waals surface area (Å²) in [6, 6.07) is 13.8. The van der Waals surface area contributed by atoms with Crippen LogP contribution in [-0.2, 0) is 11.2 Å². The molecule has 0 bridgehead atoms. The van der Waals surface area contributed by atoms with Gasteiger partial charge in [-0.1, -0.05) is 34.1 Å². The van der Waals surface area contributed by atoms with Crippen molar-refractivity contribution in [3.05, 3.63) is 64.1 Å². The van der Waals surface area contributed by atoms with E-state index in [4.69, 9.17) is 17.3 Å². The van der Waals surface area contributed by atoms with Gasteiger partial charge in [-0.2, -0.15) is 0 Å². The maximum absolute atomic E-state index is 12.0. The minimum absolute atomic E-state index is 0.0374. The molecule has 0 aliphatic heterocycles. The van der Waals surface area contributed by atoms with Crippen LogP contribution in [0.4, 0.5) is 5.69 Å². The van der Waals surface area contributed by atoms with Crippen LogP contribution >= 0.6 is 28.1 Å². The Bertz CT molecular complexity index is 747. The van der Waals surface area contributed by atoms with Crippen LogP contribution in [0.3, 0.4) is 0 Å². The van der Waals surface area contributed by atoms with Crippen molar-refractivity contribution in [2.24, 2.45) is 0 Å². The second kappa shape index (κ2) is 7.85. The highest BCUT2D eigenvalue weighted by Crippen LogP contribution is 2.12. The second-order valence-electron chi connectivity index (χ2n) is 4.69. The molecule has 0 radical (unpaired) electrons. The van der Waals surface area contributed by atoms with E-state index in [1.165, 1.54) is 0 Å². The zero-order valence-electron chi connectivity index (χ0n) is 11.9. The van der Waals surface area contributed by atoms with E-state index in [0.717, 1.165) is 4.47 Å². The lowest BCUT2D eigenvalue weighted by Gasteiger charge is -2.10. The van der Waals surface area contributed by atoms with E-state index in [0.29, 0.717) is 16.8 Å². The van der Waals surface area contributed by atoms with Crippen LogP contribution in [0, 0.1) is 0 Å². The number of benzene rings is 2. The molecule has 0 saturated carbocycles. The molecule has 2 rings (SSSR count). The molecule has 0 saturated heterocycles. The Hall–Kier alpha value is -2.25. The van der Waals surface area contributed by atoms with Crippen molar-refractivity contribution in [3.8, 4) is 0 Å².